The molecule has 1 aromatic heterocycles. The molecule has 1 aliphatic carbocycles. The molecule has 0 bridgehead atoms. The third-order valence-electron chi connectivity index (χ3n) is 4.49. The van der Waals surface area contributed by atoms with Crippen LogP contribution in [0.5, 0.6) is 0 Å². The monoisotopic (exact) mass is 309 g/mol. The minimum absolute atomic E-state index is 0.0232. The summed E-state index contributed by atoms with van der Waals surface area (Å²) in [6.45, 7) is 0. The molecule has 0 aliphatic heterocycles. The number of hydrogen-bond acceptors (Lipinski definition) is 1. The molecule has 2 nitrogen and oxygen atoms in total. The van der Waals surface area contributed by atoms with E-state index in [0.29, 0.717) is 10.6 Å². The van der Waals surface area contributed by atoms with Crippen LogP contribution in [0.1, 0.15) is 34.5 Å². The first-order chi connectivity index (χ1) is 10.8. The van der Waals surface area contributed by atoms with E-state index in [1.807, 2.05) is 34.9 Å². The summed E-state index contributed by atoms with van der Waals surface area (Å²) in [5.41, 5.74) is 4.07. The van der Waals surface area contributed by atoms with E-state index in [0.717, 1.165) is 30.5 Å². The fourth-order valence-corrected chi connectivity index (χ4v) is 3.70. The summed E-state index contributed by atoms with van der Waals surface area (Å²) in [6.07, 6.45) is 4.35. The van der Waals surface area contributed by atoms with Crippen molar-refractivity contribution in [3.05, 3.63) is 70.4 Å². The quantitative estimate of drug-likeness (QED) is 0.629. The molecule has 0 saturated heterocycles. The van der Waals surface area contributed by atoms with Crippen LogP contribution in [-0.4, -0.2) is 10.5 Å². The first kappa shape index (κ1) is 13.6. The highest BCUT2D eigenvalue weighted by Gasteiger charge is 2.24. The van der Waals surface area contributed by atoms with Gasteiger partial charge in [-0.25, -0.2) is 0 Å². The molecule has 0 saturated carbocycles. The van der Waals surface area contributed by atoms with Gasteiger partial charge in [0.2, 0.25) is 0 Å². The Kier molecular flexibility index (Phi) is 3.27. The van der Waals surface area contributed by atoms with Crippen molar-refractivity contribution in [1.29, 1.82) is 0 Å². The Bertz CT molecular complexity index is 878. The SMILES string of the molecule is O=C(c1ccccc1Cl)n1c2c(c3ccccc31)CCCC2. The fourth-order valence-electron chi connectivity index (χ4n) is 3.48. The Balaban J connectivity index is 1.99. The summed E-state index contributed by atoms with van der Waals surface area (Å²) < 4.78 is 1.88. The number of rotatable bonds is 1. The topological polar surface area (TPSA) is 22.0 Å². The smallest absolute Gasteiger partial charge is 0.264 e. The molecular weight excluding hydrogens is 294 g/mol. The van der Waals surface area contributed by atoms with Gasteiger partial charge in [-0.2, -0.15) is 0 Å². The van der Waals surface area contributed by atoms with Crippen LogP contribution in [0.2, 0.25) is 5.02 Å². The van der Waals surface area contributed by atoms with Crippen LogP contribution in [0.15, 0.2) is 48.5 Å². The standard InChI is InChI=1S/C19H16ClNO/c20-16-10-4-1-9-15(16)19(22)21-17-11-5-2-7-13(17)14-8-3-6-12-18(14)21/h1-2,4-5,7,9-11H,3,6,8,12H2. The molecule has 22 heavy (non-hydrogen) atoms. The summed E-state index contributed by atoms with van der Waals surface area (Å²) in [7, 11) is 0. The third kappa shape index (κ3) is 1.98. The van der Waals surface area contributed by atoms with Gasteiger partial charge in [0.1, 0.15) is 0 Å². The van der Waals surface area contributed by atoms with E-state index in [4.69, 9.17) is 11.6 Å². The first-order valence-corrected chi connectivity index (χ1v) is 8.05. The van der Waals surface area contributed by atoms with Crippen molar-refractivity contribution >= 4 is 28.4 Å². The molecule has 0 radical (unpaired) electrons. The average Bonchev–Trinajstić information content (AvgIpc) is 2.89. The van der Waals surface area contributed by atoms with E-state index in [-0.39, 0.29) is 5.91 Å². The molecule has 4 rings (SSSR count). The number of aromatic nitrogens is 1. The van der Waals surface area contributed by atoms with Crippen molar-refractivity contribution in [2.24, 2.45) is 0 Å². The normalized spacial score (nSPS) is 14.0. The van der Waals surface area contributed by atoms with Gasteiger partial charge in [0.25, 0.3) is 5.91 Å². The highest BCUT2D eigenvalue weighted by Crippen LogP contribution is 2.33. The van der Waals surface area contributed by atoms with Crippen LogP contribution in [0.3, 0.4) is 0 Å². The summed E-state index contributed by atoms with van der Waals surface area (Å²) >= 11 is 6.24. The van der Waals surface area contributed by atoms with Gasteiger partial charge in [-0.05, 0) is 49.4 Å². The van der Waals surface area contributed by atoms with Crippen molar-refractivity contribution < 1.29 is 4.79 Å². The number of fused-ring (bicyclic) bond motifs is 3. The maximum absolute atomic E-state index is 13.1. The van der Waals surface area contributed by atoms with Crippen molar-refractivity contribution in [1.82, 2.24) is 4.57 Å². The summed E-state index contributed by atoms with van der Waals surface area (Å²) in [4.78, 5) is 13.1. The Hall–Kier alpha value is -2.06. The molecule has 110 valence electrons. The highest BCUT2D eigenvalue weighted by molar-refractivity contribution is 6.34. The molecule has 0 fully saturated rings. The predicted molar refractivity (Wildman–Crippen MR) is 89.8 cm³/mol. The van der Waals surface area contributed by atoms with Gasteiger partial charge >= 0.3 is 0 Å². The largest absolute Gasteiger partial charge is 0.280 e. The zero-order chi connectivity index (χ0) is 15.1. The Morgan fingerprint density at radius 3 is 2.55 bits per heavy atom. The molecule has 0 atom stereocenters. The molecule has 2 aromatic carbocycles. The van der Waals surface area contributed by atoms with Crippen LogP contribution in [-0.2, 0) is 12.8 Å². The van der Waals surface area contributed by atoms with E-state index in [1.54, 1.807) is 12.1 Å². The number of carbonyl (C=O) groups is 1. The molecule has 0 spiro atoms. The van der Waals surface area contributed by atoms with Gasteiger partial charge in [-0.1, -0.05) is 41.9 Å². The average molecular weight is 310 g/mol. The number of aryl methyl sites for hydroxylation is 1. The van der Waals surface area contributed by atoms with Gasteiger partial charge in [0, 0.05) is 11.1 Å². The number of hydrogen-bond donors (Lipinski definition) is 0. The number of benzene rings is 2. The number of halogens is 1. The summed E-state index contributed by atoms with van der Waals surface area (Å²) in [5.74, 6) is -0.0232. The minimum atomic E-state index is -0.0232. The molecular formula is C19H16ClNO. The van der Waals surface area contributed by atoms with Crippen molar-refractivity contribution in [3.8, 4) is 0 Å². The van der Waals surface area contributed by atoms with E-state index < -0.39 is 0 Å². The van der Waals surface area contributed by atoms with Gasteiger partial charge < -0.3 is 0 Å². The lowest BCUT2D eigenvalue weighted by Gasteiger charge is -2.15. The maximum atomic E-state index is 13.1. The number of nitrogens with zero attached hydrogens (tertiary/aromatic N) is 1. The number of para-hydroxylation sites is 1. The van der Waals surface area contributed by atoms with Crippen molar-refractivity contribution in [3.63, 3.8) is 0 Å². The minimum Gasteiger partial charge on any atom is -0.280 e. The van der Waals surface area contributed by atoms with Crippen LogP contribution >= 0.6 is 11.6 Å². The Morgan fingerprint density at radius 1 is 0.955 bits per heavy atom. The molecule has 0 N–H and O–H groups in total. The lowest BCUT2D eigenvalue weighted by atomic mass is 9.95. The fraction of sp³-hybridized carbons (Fsp3) is 0.211. The van der Waals surface area contributed by atoms with Crippen molar-refractivity contribution in [2.75, 3.05) is 0 Å². The highest BCUT2D eigenvalue weighted by atomic mass is 35.5. The zero-order valence-electron chi connectivity index (χ0n) is 12.2. The lowest BCUT2D eigenvalue weighted by Crippen LogP contribution is -2.17. The van der Waals surface area contributed by atoms with Gasteiger partial charge in [-0.3, -0.25) is 9.36 Å². The van der Waals surface area contributed by atoms with Crippen LogP contribution in [0, 0.1) is 0 Å². The van der Waals surface area contributed by atoms with E-state index in [1.165, 1.54) is 17.4 Å². The maximum Gasteiger partial charge on any atom is 0.264 e. The molecule has 0 amide bonds. The predicted octanol–water partition coefficient (Wildman–Crippen LogP) is 4.86. The van der Waals surface area contributed by atoms with E-state index >= 15 is 0 Å². The second-order valence-corrected chi connectivity index (χ2v) is 6.18. The van der Waals surface area contributed by atoms with Gasteiger partial charge in [0.15, 0.2) is 0 Å². The molecule has 1 heterocycles. The van der Waals surface area contributed by atoms with Crippen LogP contribution in [0.25, 0.3) is 10.9 Å². The molecule has 1 aliphatic rings. The first-order valence-electron chi connectivity index (χ1n) is 7.68. The summed E-state index contributed by atoms with van der Waals surface area (Å²) in [5, 5.41) is 1.72. The van der Waals surface area contributed by atoms with Crippen LogP contribution < -0.4 is 0 Å². The Morgan fingerprint density at radius 2 is 1.68 bits per heavy atom. The van der Waals surface area contributed by atoms with E-state index in [2.05, 4.69) is 6.07 Å². The van der Waals surface area contributed by atoms with Crippen molar-refractivity contribution in [2.45, 2.75) is 25.7 Å². The second kappa shape index (κ2) is 5.29. The van der Waals surface area contributed by atoms with Gasteiger partial charge in [-0.15, -0.1) is 0 Å². The molecule has 3 heteroatoms. The van der Waals surface area contributed by atoms with Gasteiger partial charge in [0.05, 0.1) is 16.1 Å². The van der Waals surface area contributed by atoms with E-state index in [9.17, 15) is 4.79 Å². The summed E-state index contributed by atoms with van der Waals surface area (Å²) in [6, 6.07) is 15.5. The lowest BCUT2D eigenvalue weighted by molar-refractivity contribution is 0.0961. The zero-order valence-corrected chi connectivity index (χ0v) is 12.9. The number of carbonyl (C=O) groups excluding carboxylic acids is 1. The van der Waals surface area contributed by atoms with Crippen LogP contribution in [0.4, 0.5) is 0 Å². The Labute approximate surface area is 134 Å². The molecule has 3 aromatic rings. The third-order valence-corrected chi connectivity index (χ3v) is 4.82. The molecule has 0 unspecified atom stereocenters. The second-order valence-electron chi connectivity index (χ2n) is 5.77.